The largest absolute Gasteiger partial charge is 0.508 e. The molecule has 0 spiro atoms. The third-order valence-electron chi connectivity index (χ3n) is 3.49. The number of nitrogens with zero attached hydrogens (tertiary/aromatic N) is 2. The van der Waals surface area contributed by atoms with Crippen LogP contribution in [0.3, 0.4) is 0 Å². The Morgan fingerprint density at radius 3 is 2.48 bits per heavy atom. The second-order valence-corrected chi connectivity index (χ2v) is 5.61. The van der Waals surface area contributed by atoms with Gasteiger partial charge in [0.25, 0.3) is 5.91 Å². The molecule has 0 atom stereocenters. The maximum atomic E-state index is 12.0. The zero-order valence-electron chi connectivity index (χ0n) is 14.6. The molecule has 0 saturated heterocycles. The molecule has 0 aliphatic carbocycles. The van der Waals surface area contributed by atoms with Crippen LogP contribution in [0, 0.1) is 0 Å². The lowest BCUT2D eigenvalue weighted by Crippen LogP contribution is -2.41. The summed E-state index contributed by atoms with van der Waals surface area (Å²) in [5, 5.41) is 18.4. The first-order valence-corrected chi connectivity index (χ1v) is 8.28. The van der Waals surface area contributed by atoms with Gasteiger partial charge in [0, 0.05) is 44.6 Å². The van der Waals surface area contributed by atoms with E-state index in [1.165, 1.54) is 12.1 Å². The number of phenolic OH excluding ortho intramolecular Hbond substituents is 1. The van der Waals surface area contributed by atoms with E-state index in [0.717, 1.165) is 12.1 Å². The van der Waals surface area contributed by atoms with Crippen molar-refractivity contribution in [2.45, 2.75) is 13.5 Å². The van der Waals surface area contributed by atoms with Crippen molar-refractivity contribution in [1.82, 2.24) is 20.5 Å². The first-order valence-electron chi connectivity index (χ1n) is 8.28. The summed E-state index contributed by atoms with van der Waals surface area (Å²) in [6.07, 6.45) is 4.02. The Morgan fingerprint density at radius 1 is 1.12 bits per heavy atom. The molecule has 134 valence electrons. The van der Waals surface area contributed by atoms with E-state index in [9.17, 15) is 9.90 Å². The average molecular weight is 343 g/mol. The topological polar surface area (TPSA) is 90.7 Å². The first-order chi connectivity index (χ1) is 12.1. The van der Waals surface area contributed by atoms with Crippen LogP contribution < -0.4 is 16.0 Å². The molecule has 0 fully saturated rings. The van der Waals surface area contributed by atoms with E-state index in [0.29, 0.717) is 31.2 Å². The van der Waals surface area contributed by atoms with Gasteiger partial charge in [-0.1, -0.05) is 0 Å². The number of carbonyl (C=O) groups excluding carboxylic acids is 1. The van der Waals surface area contributed by atoms with Crippen molar-refractivity contribution >= 4 is 11.9 Å². The number of aryl methyl sites for hydroxylation is 1. The van der Waals surface area contributed by atoms with Gasteiger partial charge in [-0.3, -0.25) is 4.79 Å². The van der Waals surface area contributed by atoms with Gasteiger partial charge in [0.2, 0.25) is 0 Å². The summed E-state index contributed by atoms with van der Waals surface area (Å²) in [6, 6.07) is 8.19. The monoisotopic (exact) mass is 343 g/mol. The van der Waals surface area contributed by atoms with Gasteiger partial charge < -0.3 is 25.6 Å². The summed E-state index contributed by atoms with van der Waals surface area (Å²) in [7, 11) is 1.98. The SMILES string of the molecule is CCNC(=NCc1ccn(C)c1)NCCNC(=O)c1ccc(O)cc1. The van der Waals surface area contributed by atoms with Crippen molar-refractivity contribution in [3.8, 4) is 5.75 Å². The molecule has 4 N–H and O–H groups in total. The summed E-state index contributed by atoms with van der Waals surface area (Å²) in [4.78, 5) is 16.5. The van der Waals surface area contributed by atoms with Crippen molar-refractivity contribution in [3.63, 3.8) is 0 Å². The number of amides is 1. The molecule has 25 heavy (non-hydrogen) atoms. The van der Waals surface area contributed by atoms with Gasteiger partial charge in [0.1, 0.15) is 5.75 Å². The van der Waals surface area contributed by atoms with E-state index >= 15 is 0 Å². The van der Waals surface area contributed by atoms with E-state index in [4.69, 9.17) is 0 Å². The summed E-state index contributed by atoms with van der Waals surface area (Å²) in [5.74, 6) is 0.682. The molecule has 0 unspecified atom stereocenters. The number of guanidine groups is 1. The van der Waals surface area contributed by atoms with E-state index in [1.54, 1.807) is 12.1 Å². The standard InChI is InChI=1S/C18H25N5O2/c1-3-19-18(22-12-14-8-11-23(2)13-14)21-10-9-20-17(25)15-4-6-16(24)7-5-15/h4-8,11,13,24H,3,9-10,12H2,1-2H3,(H,20,25)(H2,19,21,22). The Kier molecular flexibility index (Phi) is 6.88. The van der Waals surface area contributed by atoms with Gasteiger partial charge in [0.05, 0.1) is 6.54 Å². The zero-order chi connectivity index (χ0) is 18.1. The molecule has 7 heteroatoms. The lowest BCUT2D eigenvalue weighted by Gasteiger charge is -2.11. The van der Waals surface area contributed by atoms with Crippen LogP contribution in [0.15, 0.2) is 47.7 Å². The van der Waals surface area contributed by atoms with Gasteiger partial charge >= 0.3 is 0 Å². The molecule has 1 aromatic heterocycles. The second kappa shape index (κ2) is 9.36. The predicted octanol–water partition coefficient (Wildman–Crippen LogP) is 1.22. The number of carbonyl (C=O) groups is 1. The molecule has 0 aliphatic heterocycles. The summed E-state index contributed by atoms with van der Waals surface area (Å²) in [5.41, 5.74) is 1.66. The predicted molar refractivity (Wildman–Crippen MR) is 98.7 cm³/mol. The average Bonchev–Trinajstić information content (AvgIpc) is 3.02. The van der Waals surface area contributed by atoms with Crippen LogP contribution in [-0.4, -0.2) is 41.2 Å². The van der Waals surface area contributed by atoms with Crippen LogP contribution in [0.5, 0.6) is 5.75 Å². The Morgan fingerprint density at radius 2 is 1.84 bits per heavy atom. The molecular weight excluding hydrogens is 318 g/mol. The second-order valence-electron chi connectivity index (χ2n) is 5.61. The quantitative estimate of drug-likeness (QED) is 0.346. The minimum absolute atomic E-state index is 0.142. The fraction of sp³-hybridized carbons (Fsp3) is 0.333. The normalized spacial score (nSPS) is 11.2. The highest BCUT2D eigenvalue weighted by molar-refractivity contribution is 5.94. The third kappa shape index (κ3) is 6.21. The molecular formula is C18H25N5O2. The number of hydrogen-bond acceptors (Lipinski definition) is 3. The van der Waals surface area contributed by atoms with Gasteiger partial charge in [-0.2, -0.15) is 0 Å². The number of hydrogen-bond donors (Lipinski definition) is 4. The highest BCUT2D eigenvalue weighted by Gasteiger charge is 2.04. The maximum absolute atomic E-state index is 12.0. The summed E-state index contributed by atoms with van der Waals surface area (Å²) in [6.45, 7) is 4.39. The van der Waals surface area contributed by atoms with Crippen LogP contribution in [0.1, 0.15) is 22.8 Å². The van der Waals surface area contributed by atoms with Gasteiger partial charge in [-0.15, -0.1) is 0 Å². The van der Waals surface area contributed by atoms with Crippen molar-refractivity contribution in [1.29, 1.82) is 0 Å². The van der Waals surface area contributed by atoms with Crippen molar-refractivity contribution in [2.24, 2.45) is 12.0 Å². The fourth-order valence-corrected chi connectivity index (χ4v) is 2.24. The van der Waals surface area contributed by atoms with Crippen molar-refractivity contribution in [3.05, 3.63) is 53.9 Å². The molecule has 2 rings (SSSR count). The first kappa shape index (κ1) is 18.4. The van der Waals surface area contributed by atoms with Gasteiger partial charge in [0.15, 0.2) is 5.96 Å². The molecule has 0 saturated carbocycles. The zero-order valence-corrected chi connectivity index (χ0v) is 14.6. The molecule has 1 amide bonds. The smallest absolute Gasteiger partial charge is 0.251 e. The van der Waals surface area contributed by atoms with Crippen LogP contribution in [0.2, 0.25) is 0 Å². The Labute approximate surface area is 147 Å². The number of nitrogens with one attached hydrogen (secondary N) is 3. The van der Waals surface area contributed by atoms with E-state index in [1.807, 2.05) is 37.0 Å². The Hall–Kier alpha value is -2.96. The maximum Gasteiger partial charge on any atom is 0.251 e. The molecule has 0 bridgehead atoms. The minimum Gasteiger partial charge on any atom is -0.508 e. The van der Waals surface area contributed by atoms with E-state index in [2.05, 4.69) is 20.9 Å². The molecule has 2 aromatic rings. The summed E-state index contributed by atoms with van der Waals surface area (Å²) < 4.78 is 1.99. The fourth-order valence-electron chi connectivity index (χ4n) is 2.24. The number of aliphatic imine (C=N–C) groups is 1. The third-order valence-corrected chi connectivity index (χ3v) is 3.49. The molecule has 1 heterocycles. The number of aromatic nitrogens is 1. The van der Waals surface area contributed by atoms with Gasteiger partial charge in [-0.05, 0) is 42.8 Å². The molecule has 0 radical (unpaired) electrons. The van der Waals surface area contributed by atoms with Crippen LogP contribution in [0.25, 0.3) is 0 Å². The number of benzene rings is 1. The minimum atomic E-state index is -0.173. The highest BCUT2D eigenvalue weighted by Crippen LogP contribution is 2.09. The van der Waals surface area contributed by atoms with Crippen LogP contribution in [0.4, 0.5) is 0 Å². The van der Waals surface area contributed by atoms with Crippen LogP contribution in [-0.2, 0) is 13.6 Å². The van der Waals surface area contributed by atoms with Gasteiger partial charge in [-0.25, -0.2) is 4.99 Å². The molecule has 7 nitrogen and oxygen atoms in total. The van der Waals surface area contributed by atoms with E-state index in [-0.39, 0.29) is 11.7 Å². The molecule has 1 aromatic carbocycles. The lowest BCUT2D eigenvalue weighted by atomic mass is 10.2. The van der Waals surface area contributed by atoms with E-state index < -0.39 is 0 Å². The van der Waals surface area contributed by atoms with Crippen LogP contribution >= 0.6 is 0 Å². The highest BCUT2D eigenvalue weighted by atomic mass is 16.3. The number of phenols is 1. The van der Waals surface area contributed by atoms with Crippen molar-refractivity contribution in [2.75, 3.05) is 19.6 Å². The summed E-state index contributed by atoms with van der Waals surface area (Å²) >= 11 is 0. The molecule has 0 aliphatic rings. The lowest BCUT2D eigenvalue weighted by molar-refractivity contribution is 0.0954. The Bertz CT molecular complexity index is 707. The van der Waals surface area contributed by atoms with Crippen molar-refractivity contribution < 1.29 is 9.90 Å². The number of rotatable bonds is 7. The number of aromatic hydroxyl groups is 1. The Balaban J connectivity index is 1.76.